The van der Waals surface area contributed by atoms with E-state index >= 15 is 0 Å². The lowest BCUT2D eigenvalue weighted by Gasteiger charge is -2.27. The van der Waals surface area contributed by atoms with E-state index in [2.05, 4.69) is 38.3 Å². The fraction of sp³-hybridized carbons (Fsp3) is 0.190. The van der Waals surface area contributed by atoms with Crippen LogP contribution in [0.2, 0.25) is 0 Å². The molecule has 0 aliphatic carbocycles. The molecule has 0 amide bonds. The van der Waals surface area contributed by atoms with E-state index in [0.29, 0.717) is 18.3 Å². The Kier molecular flexibility index (Phi) is 4.05. The molecule has 7 nitrogen and oxygen atoms in total. The summed E-state index contributed by atoms with van der Waals surface area (Å²) < 4.78 is 7.32. The third-order valence-corrected chi connectivity index (χ3v) is 5.04. The molecule has 1 aliphatic heterocycles. The van der Waals surface area contributed by atoms with Crippen molar-refractivity contribution in [2.45, 2.75) is 19.4 Å². The van der Waals surface area contributed by atoms with Crippen LogP contribution in [0.4, 0.5) is 11.6 Å². The highest BCUT2D eigenvalue weighted by Gasteiger charge is 2.21. The van der Waals surface area contributed by atoms with Crippen LogP contribution >= 0.6 is 0 Å². The summed E-state index contributed by atoms with van der Waals surface area (Å²) in [6.07, 6.45) is 5.24. The van der Waals surface area contributed by atoms with Crippen molar-refractivity contribution in [3.63, 3.8) is 0 Å². The SMILES string of the molecule is Nc1ccc2c(c1)CN(c1noc(Cc3ccc(-n4cccn4)cc3)n1)CC2. The first-order valence-electron chi connectivity index (χ1n) is 9.28. The van der Waals surface area contributed by atoms with Gasteiger partial charge in [0.15, 0.2) is 0 Å². The van der Waals surface area contributed by atoms with E-state index in [1.54, 1.807) is 6.20 Å². The summed E-state index contributed by atoms with van der Waals surface area (Å²) >= 11 is 0. The molecule has 3 heterocycles. The van der Waals surface area contributed by atoms with Crippen LogP contribution in [-0.4, -0.2) is 26.5 Å². The van der Waals surface area contributed by atoms with Gasteiger partial charge in [-0.2, -0.15) is 10.1 Å². The Labute approximate surface area is 162 Å². The van der Waals surface area contributed by atoms with Gasteiger partial charge in [0.05, 0.1) is 12.1 Å². The van der Waals surface area contributed by atoms with Crippen LogP contribution in [0.5, 0.6) is 0 Å². The van der Waals surface area contributed by atoms with Gasteiger partial charge in [-0.15, -0.1) is 0 Å². The van der Waals surface area contributed by atoms with Crippen LogP contribution in [-0.2, 0) is 19.4 Å². The monoisotopic (exact) mass is 372 g/mol. The molecule has 2 aromatic carbocycles. The van der Waals surface area contributed by atoms with Crippen molar-refractivity contribution in [1.29, 1.82) is 0 Å². The number of aromatic nitrogens is 4. The Morgan fingerprint density at radius 1 is 1.07 bits per heavy atom. The fourth-order valence-corrected chi connectivity index (χ4v) is 3.56. The minimum atomic E-state index is 0.601. The molecule has 4 aromatic rings. The summed E-state index contributed by atoms with van der Waals surface area (Å²) in [4.78, 5) is 6.73. The standard InChI is InChI=1S/C21H20N6O/c22-18-5-4-16-8-11-26(14-17(16)13-18)21-24-20(28-25-21)12-15-2-6-19(7-3-15)27-10-1-9-23-27/h1-7,9-10,13H,8,11-12,14,22H2. The average molecular weight is 372 g/mol. The highest BCUT2D eigenvalue weighted by atomic mass is 16.5. The molecule has 1 aliphatic rings. The van der Waals surface area contributed by atoms with Gasteiger partial charge in [-0.1, -0.05) is 18.2 Å². The van der Waals surface area contributed by atoms with E-state index in [-0.39, 0.29) is 0 Å². The van der Waals surface area contributed by atoms with Crippen molar-refractivity contribution in [1.82, 2.24) is 19.9 Å². The number of hydrogen-bond acceptors (Lipinski definition) is 6. The maximum Gasteiger partial charge on any atom is 0.266 e. The first-order valence-corrected chi connectivity index (χ1v) is 9.28. The second-order valence-corrected chi connectivity index (χ2v) is 6.98. The number of nitrogens with two attached hydrogens (primary N) is 1. The molecule has 0 unspecified atom stereocenters. The van der Waals surface area contributed by atoms with Gasteiger partial charge >= 0.3 is 0 Å². The summed E-state index contributed by atoms with van der Waals surface area (Å²) in [7, 11) is 0. The van der Waals surface area contributed by atoms with Gasteiger partial charge < -0.3 is 15.2 Å². The quantitative estimate of drug-likeness (QED) is 0.554. The third kappa shape index (κ3) is 3.22. The van der Waals surface area contributed by atoms with Crippen LogP contribution < -0.4 is 10.6 Å². The molecule has 0 spiro atoms. The zero-order valence-corrected chi connectivity index (χ0v) is 15.3. The summed E-state index contributed by atoms with van der Waals surface area (Å²) in [5.41, 5.74) is 11.4. The predicted molar refractivity (Wildman–Crippen MR) is 106 cm³/mol. The van der Waals surface area contributed by atoms with E-state index in [4.69, 9.17) is 10.3 Å². The van der Waals surface area contributed by atoms with Gasteiger partial charge in [-0.3, -0.25) is 0 Å². The molecule has 0 radical (unpaired) electrons. The smallest absolute Gasteiger partial charge is 0.266 e. The molecule has 28 heavy (non-hydrogen) atoms. The number of hydrogen-bond donors (Lipinski definition) is 1. The number of nitrogens with zero attached hydrogens (tertiary/aromatic N) is 5. The van der Waals surface area contributed by atoms with Crippen molar-refractivity contribution in [3.8, 4) is 5.69 Å². The van der Waals surface area contributed by atoms with Crippen LogP contribution in [0.1, 0.15) is 22.6 Å². The second kappa shape index (κ2) is 6.84. The van der Waals surface area contributed by atoms with Gasteiger partial charge in [0.1, 0.15) is 0 Å². The zero-order valence-electron chi connectivity index (χ0n) is 15.3. The summed E-state index contributed by atoms with van der Waals surface area (Å²) in [5.74, 6) is 1.25. The Bertz CT molecular complexity index is 1080. The molecule has 140 valence electrons. The summed E-state index contributed by atoms with van der Waals surface area (Å²) in [6.45, 7) is 1.62. The normalized spacial score (nSPS) is 13.5. The Balaban J connectivity index is 1.29. The molecule has 7 heteroatoms. The number of nitrogen functional groups attached to an aromatic ring is 1. The minimum absolute atomic E-state index is 0.601. The highest BCUT2D eigenvalue weighted by Crippen LogP contribution is 2.24. The lowest BCUT2D eigenvalue weighted by atomic mass is 9.99. The van der Waals surface area contributed by atoms with Gasteiger partial charge in [0.25, 0.3) is 5.95 Å². The van der Waals surface area contributed by atoms with Crippen molar-refractivity contribution in [2.24, 2.45) is 0 Å². The highest BCUT2D eigenvalue weighted by molar-refractivity contribution is 5.48. The molecule has 0 fully saturated rings. The predicted octanol–water partition coefficient (Wildman–Crippen LogP) is 2.99. The molecule has 5 rings (SSSR count). The van der Waals surface area contributed by atoms with Gasteiger partial charge in [-0.05, 0) is 58.6 Å². The molecular weight excluding hydrogens is 352 g/mol. The largest absolute Gasteiger partial charge is 0.399 e. The van der Waals surface area contributed by atoms with Crippen LogP contribution in [0.25, 0.3) is 5.69 Å². The number of fused-ring (bicyclic) bond motifs is 1. The summed E-state index contributed by atoms with van der Waals surface area (Å²) in [5, 5.41) is 8.42. The number of benzene rings is 2. The van der Waals surface area contributed by atoms with Crippen molar-refractivity contribution >= 4 is 11.6 Å². The maximum atomic E-state index is 5.92. The minimum Gasteiger partial charge on any atom is -0.399 e. The zero-order chi connectivity index (χ0) is 18.9. The lowest BCUT2D eigenvalue weighted by Crippen LogP contribution is -2.31. The fourth-order valence-electron chi connectivity index (χ4n) is 3.56. The number of rotatable bonds is 4. The second-order valence-electron chi connectivity index (χ2n) is 6.98. The van der Waals surface area contributed by atoms with Crippen molar-refractivity contribution in [2.75, 3.05) is 17.2 Å². The van der Waals surface area contributed by atoms with Gasteiger partial charge in [0, 0.05) is 31.2 Å². The Morgan fingerprint density at radius 2 is 1.96 bits per heavy atom. The Hall–Kier alpha value is -3.61. The van der Waals surface area contributed by atoms with E-state index in [1.165, 1.54) is 11.1 Å². The lowest BCUT2D eigenvalue weighted by molar-refractivity contribution is 0.383. The molecule has 0 bridgehead atoms. The molecule has 2 N–H and O–H groups in total. The first-order chi connectivity index (χ1) is 13.7. The van der Waals surface area contributed by atoms with Gasteiger partial charge in [0.2, 0.25) is 5.89 Å². The Morgan fingerprint density at radius 3 is 2.79 bits per heavy atom. The van der Waals surface area contributed by atoms with E-state index in [0.717, 1.165) is 36.4 Å². The first kappa shape index (κ1) is 16.6. The molecule has 0 saturated carbocycles. The van der Waals surface area contributed by atoms with Crippen LogP contribution in [0.15, 0.2) is 65.4 Å². The van der Waals surface area contributed by atoms with Crippen LogP contribution in [0.3, 0.4) is 0 Å². The van der Waals surface area contributed by atoms with Crippen molar-refractivity contribution < 1.29 is 4.52 Å². The molecule has 2 aromatic heterocycles. The van der Waals surface area contributed by atoms with E-state index in [1.807, 2.05) is 41.2 Å². The number of anilines is 2. The third-order valence-electron chi connectivity index (χ3n) is 5.04. The summed E-state index contributed by atoms with van der Waals surface area (Å²) in [6, 6.07) is 16.2. The van der Waals surface area contributed by atoms with Gasteiger partial charge in [-0.25, -0.2) is 4.68 Å². The molecular formula is C21H20N6O. The van der Waals surface area contributed by atoms with E-state index < -0.39 is 0 Å². The topological polar surface area (TPSA) is 86.0 Å². The average Bonchev–Trinajstić information content (AvgIpc) is 3.40. The molecule has 0 saturated heterocycles. The van der Waals surface area contributed by atoms with Crippen LogP contribution in [0, 0.1) is 0 Å². The maximum absolute atomic E-state index is 5.92. The molecule has 0 atom stereocenters. The van der Waals surface area contributed by atoms with E-state index in [9.17, 15) is 0 Å². The van der Waals surface area contributed by atoms with Crippen molar-refractivity contribution in [3.05, 3.63) is 83.5 Å².